The fourth-order valence-corrected chi connectivity index (χ4v) is 2.21. The van der Waals surface area contributed by atoms with Crippen LogP contribution < -0.4 is 10.1 Å². The summed E-state index contributed by atoms with van der Waals surface area (Å²) in [5.41, 5.74) is 0.303. The van der Waals surface area contributed by atoms with Crippen molar-refractivity contribution >= 4 is 29.4 Å². The van der Waals surface area contributed by atoms with Crippen molar-refractivity contribution in [3.8, 4) is 11.5 Å². The predicted molar refractivity (Wildman–Crippen MR) is 93.5 cm³/mol. The number of halogens is 1. The molecule has 2 amide bonds. The van der Waals surface area contributed by atoms with Crippen LogP contribution in [0.15, 0.2) is 42.5 Å². The van der Waals surface area contributed by atoms with E-state index in [4.69, 9.17) is 21.1 Å². The third-order valence-corrected chi connectivity index (χ3v) is 3.48. The Bertz CT molecular complexity index is 822. The Kier molecular flexibility index (Phi) is 6.57. The lowest BCUT2D eigenvalue weighted by Gasteiger charge is -2.10. The largest absolute Gasteiger partial charge is 0.503 e. The minimum absolute atomic E-state index is 0.00145. The van der Waals surface area contributed by atoms with Crippen LogP contribution >= 0.6 is 11.6 Å². The first-order valence-electron chi connectivity index (χ1n) is 7.64. The lowest BCUT2D eigenvalue weighted by molar-refractivity contribution is -0.123. The number of hydrogen-bond donors (Lipinski definition) is 2. The molecule has 0 saturated carbocycles. The normalized spacial score (nSPS) is 10.1. The molecule has 8 heteroatoms. The van der Waals surface area contributed by atoms with Gasteiger partial charge in [0.05, 0.1) is 17.2 Å². The number of carbonyl (C=O) groups excluding carboxylic acids is 3. The molecule has 2 rings (SSSR count). The highest BCUT2D eigenvalue weighted by Gasteiger charge is 2.17. The number of esters is 1. The van der Waals surface area contributed by atoms with E-state index in [0.717, 1.165) is 0 Å². The maximum absolute atomic E-state index is 12.0. The number of ether oxygens (including phenoxy) is 2. The van der Waals surface area contributed by atoms with E-state index < -0.39 is 24.4 Å². The monoisotopic (exact) mass is 377 g/mol. The number of aromatic hydroxyl groups is 1. The number of amides is 2. The van der Waals surface area contributed by atoms with Gasteiger partial charge in [-0.15, -0.1) is 0 Å². The van der Waals surface area contributed by atoms with E-state index in [0.29, 0.717) is 5.56 Å². The Morgan fingerprint density at radius 1 is 1.12 bits per heavy atom. The second kappa shape index (κ2) is 8.87. The first kappa shape index (κ1) is 19.3. The van der Waals surface area contributed by atoms with Gasteiger partial charge in [-0.2, -0.15) is 0 Å². The molecule has 0 spiro atoms. The Morgan fingerprint density at radius 3 is 2.46 bits per heavy atom. The summed E-state index contributed by atoms with van der Waals surface area (Å²) in [4.78, 5) is 35.6. The zero-order valence-electron chi connectivity index (χ0n) is 13.8. The molecular formula is C18H16ClNO6. The lowest BCUT2D eigenvalue weighted by Crippen LogP contribution is -2.34. The van der Waals surface area contributed by atoms with Crippen molar-refractivity contribution in [2.45, 2.75) is 6.92 Å². The van der Waals surface area contributed by atoms with Crippen LogP contribution in [0.1, 0.15) is 27.6 Å². The molecule has 0 heterocycles. The molecule has 0 radical (unpaired) electrons. The van der Waals surface area contributed by atoms with Crippen molar-refractivity contribution in [3.05, 3.63) is 58.6 Å². The zero-order valence-corrected chi connectivity index (χ0v) is 14.6. The van der Waals surface area contributed by atoms with Gasteiger partial charge in [0.1, 0.15) is 0 Å². The molecular weight excluding hydrogens is 362 g/mol. The van der Waals surface area contributed by atoms with E-state index in [1.54, 1.807) is 37.3 Å². The molecule has 0 fully saturated rings. The molecule has 0 bridgehead atoms. The highest BCUT2D eigenvalue weighted by Crippen LogP contribution is 2.35. The Hall–Kier alpha value is -3.06. The summed E-state index contributed by atoms with van der Waals surface area (Å²) >= 11 is 5.84. The SMILES string of the molecule is CCOc1cc(C(=O)OCC(=O)NC(=O)c2ccccc2)cc(Cl)c1O. The van der Waals surface area contributed by atoms with Gasteiger partial charge in [-0.3, -0.25) is 14.9 Å². The van der Waals surface area contributed by atoms with Crippen LogP contribution in [0.5, 0.6) is 11.5 Å². The van der Waals surface area contributed by atoms with Crippen molar-refractivity contribution in [3.63, 3.8) is 0 Å². The van der Waals surface area contributed by atoms with E-state index in [2.05, 4.69) is 5.32 Å². The molecule has 0 unspecified atom stereocenters. The summed E-state index contributed by atoms with van der Waals surface area (Å²) in [6.45, 7) is 1.30. The van der Waals surface area contributed by atoms with Crippen LogP contribution in [0.4, 0.5) is 0 Å². The van der Waals surface area contributed by atoms with Crippen LogP contribution in [0.25, 0.3) is 0 Å². The number of phenolic OH excluding ortho intramolecular Hbond substituents is 1. The molecule has 0 saturated heterocycles. The quantitative estimate of drug-likeness (QED) is 0.750. The van der Waals surface area contributed by atoms with E-state index in [1.165, 1.54) is 12.1 Å². The molecule has 2 N–H and O–H groups in total. The van der Waals surface area contributed by atoms with Gasteiger partial charge in [0, 0.05) is 5.56 Å². The van der Waals surface area contributed by atoms with Crippen LogP contribution in [-0.4, -0.2) is 36.1 Å². The maximum atomic E-state index is 12.0. The first-order chi connectivity index (χ1) is 12.4. The standard InChI is InChI=1S/C18H16ClNO6/c1-2-25-14-9-12(8-13(19)16(14)22)18(24)26-10-15(21)20-17(23)11-6-4-3-5-7-11/h3-9,22H,2,10H2,1H3,(H,20,21,23). The first-order valence-corrected chi connectivity index (χ1v) is 8.01. The molecule has 0 aliphatic carbocycles. The number of hydrogen-bond acceptors (Lipinski definition) is 6. The summed E-state index contributed by atoms with van der Waals surface area (Å²) in [6.07, 6.45) is 0. The van der Waals surface area contributed by atoms with Gasteiger partial charge in [0.2, 0.25) is 0 Å². The van der Waals surface area contributed by atoms with Gasteiger partial charge in [-0.1, -0.05) is 29.8 Å². The summed E-state index contributed by atoms with van der Waals surface area (Å²) < 4.78 is 10.0. The predicted octanol–water partition coefficient (Wildman–Crippen LogP) is 2.56. The van der Waals surface area contributed by atoms with E-state index >= 15 is 0 Å². The van der Waals surface area contributed by atoms with Gasteiger partial charge in [0.25, 0.3) is 11.8 Å². The Labute approximate surface area is 154 Å². The van der Waals surface area contributed by atoms with E-state index in [9.17, 15) is 19.5 Å². The van der Waals surface area contributed by atoms with Crippen LogP contribution in [0.3, 0.4) is 0 Å². The molecule has 26 heavy (non-hydrogen) atoms. The van der Waals surface area contributed by atoms with Crippen molar-refractivity contribution in [1.82, 2.24) is 5.32 Å². The molecule has 2 aromatic rings. The minimum Gasteiger partial charge on any atom is -0.503 e. The van der Waals surface area contributed by atoms with Crippen LogP contribution in [-0.2, 0) is 9.53 Å². The average molecular weight is 378 g/mol. The number of phenols is 1. The van der Waals surface area contributed by atoms with Crippen molar-refractivity contribution in [2.75, 3.05) is 13.2 Å². The molecule has 0 aromatic heterocycles. The zero-order chi connectivity index (χ0) is 19.1. The fourth-order valence-electron chi connectivity index (χ4n) is 2.00. The third kappa shape index (κ3) is 4.97. The van der Waals surface area contributed by atoms with E-state index in [-0.39, 0.29) is 28.7 Å². The second-order valence-electron chi connectivity index (χ2n) is 5.06. The average Bonchev–Trinajstić information content (AvgIpc) is 2.64. The number of nitrogens with one attached hydrogen (secondary N) is 1. The lowest BCUT2D eigenvalue weighted by atomic mass is 10.2. The molecule has 2 aromatic carbocycles. The Balaban J connectivity index is 1.96. The summed E-state index contributed by atoms with van der Waals surface area (Å²) in [5, 5.41) is 11.8. The van der Waals surface area contributed by atoms with Gasteiger partial charge < -0.3 is 14.6 Å². The number of imide groups is 1. The molecule has 0 aliphatic heterocycles. The highest BCUT2D eigenvalue weighted by molar-refractivity contribution is 6.32. The summed E-state index contributed by atoms with van der Waals surface area (Å²) in [5.74, 6) is -2.50. The van der Waals surface area contributed by atoms with Crippen molar-refractivity contribution < 1.29 is 29.0 Å². The van der Waals surface area contributed by atoms with Crippen molar-refractivity contribution in [2.24, 2.45) is 0 Å². The van der Waals surface area contributed by atoms with Gasteiger partial charge >= 0.3 is 5.97 Å². The maximum Gasteiger partial charge on any atom is 0.338 e. The highest BCUT2D eigenvalue weighted by atomic mass is 35.5. The number of rotatable bonds is 6. The second-order valence-corrected chi connectivity index (χ2v) is 5.46. The molecule has 136 valence electrons. The Morgan fingerprint density at radius 2 is 1.81 bits per heavy atom. The van der Waals surface area contributed by atoms with Gasteiger partial charge in [-0.05, 0) is 31.2 Å². The van der Waals surface area contributed by atoms with Crippen LogP contribution in [0.2, 0.25) is 5.02 Å². The minimum atomic E-state index is -0.852. The molecule has 0 aliphatic rings. The third-order valence-electron chi connectivity index (χ3n) is 3.19. The van der Waals surface area contributed by atoms with Gasteiger partial charge in [-0.25, -0.2) is 4.79 Å². The topological polar surface area (TPSA) is 102 Å². The number of carbonyl (C=O) groups is 3. The van der Waals surface area contributed by atoms with E-state index in [1.807, 2.05) is 0 Å². The summed E-state index contributed by atoms with van der Waals surface area (Å²) in [7, 11) is 0. The van der Waals surface area contributed by atoms with Gasteiger partial charge in [0.15, 0.2) is 18.1 Å². The molecule has 7 nitrogen and oxygen atoms in total. The fraction of sp³-hybridized carbons (Fsp3) is 0.167. The number of benzene rings is 2. The van der Waals surface area contributed by atoms with Crippen LogP contribution in [0, 0.1) is 0 Å². The van der Waals surface area contributed by atoms with Crippen molar-refractivity contribution in [1.29, 1.82) is 0 Å². The molecule has 0 atom stereocenters. The summed E-state index contributed by atoms with van der Waals surface area (Å²) in [6, 6.07) is 10.6. The smallest absolute Gasteiger partial charge is 0.338 e.